The van der Waals surface area contributed by atoms with Crippen LogP contribution >= 0.6 is 0 Å². The van der Waals surface area contributed by atoms with Crippen LogP contribution < -0.4 is 0 Å². The van der Waals surface area contributed by atoms with Crippen molar-refractivity contribution in [2.24, 2.45) is 0 Å². The number of aliphatic hydroxyl groups is 2. The summed E-state index contributed by atoms with van der Waals surface area (Å²) in [6, 6.07) is 0. The molecule has 0 aromatic carbocycles. The average Bonchev–Trinajstić information content (AvgIpc) is 2.58. The number of carbonyl (C=O) groups is 1. The molecule has 142 valence electrons. The highest BCUT2D eigenvalue weighted by Crippen LogP contribution is 2.11. The molecule has 4 nitrogen and oxygen atoms in total. The van der Waals surface area contributed by atoms with Crippen LogP contribution in [0.3, 0.4) is 0 Å². The van der Waals surface area contributed by atoms with E-state index in [0.29, 0.717) is 6.42 Å². The highest BCUT2D eigenvalue weighted by Gasteiger charge is 2.02. The van der Waals surface area contributed by atoms with E-state index in [2.05, 4.69) is 13.0 Å². The molecule has 0 bridgehead atoms. The summed E-state index contributed by atoms with van der Waals surface area (Å²) in [5, 5.41) is 18.4. The number of hydrogen-bond donors (Lipinski definition) is 2. The zero-order chi connectivity index (χ0) is 17.9. The maximum atomic E-state index is 11.2. The summed E-state index contributed by atoms with van der Waals surface area (Å²) in [6.07, 6.45) is 17.6. The fraction of sp³-hybridized carbons (Fsp3) is 0.850. The highest BCUT2D eigenvalue weighted by molar-refractivity contribution is 5.69. The van der Waals surface area contributed by atoms with E-state index in [1.807, 2.05) is 6.08 Å². The Morgan fingerprint density at radius 3 is 2.42 bits per heavy atom. The van der Waals surface area contributed by atoms with Crippen molar-refractivity contribution in [1.82, 2.24) is 0 Å². The van der Waals surface area contributed by atoms with Crippen LogP contribution in [-0.2, 0) is 9.53 Å². The summed E-state index contributed by atoms with van der Waals surface area (Å²) in [5.41, 5.74) is 0. The number of allylic oxidation sites excluding steroid dienone is 1. The lowest BCUT2D eigenvalue weighted by atomic mass is 10.1. The predicted molar refractivity (Wildman–Crippen MR) is 98.9 cm³/mol. The molecular weight excluding hydrogens is 304 g/mol. The van der Waals surface area contributed by atoms with Crippen molar-refractivity contribution in [1.29, 1.82) is 0 Å². The van der Waals surface area contributed by atoms with Gasteiger partial charge in [-0.3, -0.25) is 4.79 Å². The van der Waals surface area contributed by atoms with Crippen LogP contribution in [0.25, 0.3) is 0 Å². The van der Waals surface area contributed by atoms with E-state index in [0.717, 1.165) is 44.9 Å². The number of unbranched alkanes of at least 4 members (excludes halogenated alkanes) is 9. The van der Waals surface area contributed by atoms with Gasteiger partial charge in [-0.15, -0.1) is 0 Å². The van der Waals surface area contributed by atoms with Gasteiger partial charge in [0, 0.05) is 6.42 Å². The Balaban J connectivity index is 3.33. The summed E-state index contributed by atoms with van der Waals surface area (Å²) < 4.78 is 4.79. The van der Waals surface area contributed by atoms with E-state index in [4.69, 9.17) is 9.84 Å². The van der Waals surface area contributed by atoms with E-state index >= 15 is 0 Å². The Kier molecular flexibility index (Phi) is 17.8. The fourth-order valence-corrected chi connectivity index (χ4v) is 2.60. The quantitative estimate of drug-likeness (QED) is 0.231. The molecule has 0 aliphatic carbocycles. The predicted octanol–water partition coefficient (Wildman–Crippen LogP) is 4.53. The van der Waals surface area contributed by atoms with E-state index in [-0.39, 0.29) is 25.3 Å². The van der Waals surface area contributed by atoms with E-state index in [1.165, 1.54) is 32.1 Å². The maximum Gasteiger partial charge on any atom is 0.305 e. The van der Waals surface area contributed by atoms with Crippen molar-refractivity contribution in [2.45, 2.75) is 96.5 Å². The molecule has 0 fully saturated rings. The number of aliphatic hydroxyl groups excluding tert-OH is 2. The molecule has 1 unspecified atom stereocenters. The van der Waals surface area contributed by atoms with Gasteiger partial charge >= 0.3 is 5.97 Å². The molecule has 1 atom stereocenters. The molecule has 0 saturated heterocycles. The zero-order valence-corrected chi connectivity index (χ0v) is 15.5. The summed E-state index contributed by atoms with van der Waals surface area (Å²) in [7, 11) is 0. The first-order valence-electron chi connectivity index (χ1n) is 9.82. The van der Waals surface area contributed by atoms with Gasteiger partial charge in [0.1, 0.15) is 6.61 Å². The molecule has 0 spiro atoms. The van der Waals surface area contributed by atoms with Crippen molar-refractivity contribution in [3.8, 4) is 0 Å². The molecule has 0 aromatic rings. The van der Waals surface area contributed by atoms with Crippen LogP contribution in [0, 0.1) is 0 Å². The minimum atomic E-state index is -0.311. The summed E-state index contributed by atoms with van der Waals surface area (Å²) in [4.78, 5) is 11.2. The summed E-state index contributed by atoms with van der Waals surface area (Å²) in [6.45, 7) is 2.22. The van der Waals surface area contributed by atoms with Gasteiger partial charge < -0.3 is 14.9 Å². The van der Waals surface area contributed by atoms with Gasteiger partial charge in [0.25, 0.3) is 0 Å². The van der Waals surface area contributed by atoms with Gasteiger partial charge in [-0.1, -0.05) is 70.4 Å². The molecular formula is C20H38O4. The van der Waals surface area contributed by atoms with Crippen molar-refractivity contribution < 1.29 is 19.7 Å². The second-order valence-corrected chi connectivity index (χ2v) is 6.45. The lowest BCUT2D eigenvalue weighted by Gasteiger charge is -2.06. The lowest BCUT2D eigenvalue weighted by molar-refractivity contribution is -0.144. The lowest BCUT2D eigenvalue weighted by Crippen LogP contribution is -2.07. The summed E-state index contributed by atoms with van der Waals surface area (Å²) >= 11 is 0. The molecule has 0 aliphatic rings. The average molecular weight is 343 g/mol. The first kappa shape index (κ1) is 23.1. The van der Waals surface area contributed by atoms with Gasteiger partial charge in [0.2, 0.25) is 0 Å². The Hall–Kier alpha value is -0.870. The topological polar surface area (TPSA) is 66.8 Å². The Labute approximate surface area is 148 Å². The normalized spacial score (nSPS) is 12.6. The van der Waals surface area contributed by atoms with Gasteiger partial charge in [-0.05, 0) is 25.7 Å². The zero-order valence-electron chi connectivity index (χ0n) is 15.5. The van der Waals surface area contributed by atoms with Gasteiger partial charge in [0.15, 0.2) is 0 Å². The monoisotopic (exact) mass is 342 g/mol. The van der Waals surface area contributed by atoms with E-state index in [1.54, 1.807) is 0 Å². The Morgan fingerprint density at radius 2 is 1.67 bits per heavy atom. The van der Waals surface area contributed by atoms with Crippen LogP contribution in [-0.4, -0.2) is 35.5 Å². The van der Waals surface area contributed by atoms with Crippen LogP contribution in [0.5, 0.6) is 0 Å². The first-order valence-corrected chi connectivity index (χ1v) is 9.82. The van der Waals surface area contributed by atoms with Crippen LogP contribution in [0.1, 0.15) is 90.4 Å². The van der Waals surface area contributed by atoms with Gasteiger partial charge in [0.05, 0.1) is 12.7 Å². The van der Waals surface area contributed by atoms with Crippen LogP contribution in [0.2, 0.25) is 0 Å². The number of esters is 1. The fourth-order valence-electron chi connectivity index (χ4n) is 2.60. The van der Waals surface area contributed by atoms with Crippen molar-refractivity contribution >= 4 is 5.97 Å². The third kappa shape index (κ3) is 17.5. The smallest absolute Gasteiger partial charge is 0.305 e. The molecule has 0 rings (SSSR count). The van der Waals surface area contributed by atoms with E-state index in [9.17, 15) is 9.90 Å². The van der Waals surface area contributed by atoms with Gasteiger partial charge in [-0.25, -0.2) is 0 Å². The molecule has 0 saturated carbocycles. The first-order chi connectivity index (χ1) is 11.7. The third-order valence-electron chi connectivity index (χ3n) is 4.07. The maximum absolute atomic E-state index is 11.2. The number of rotatable bonds is 17. The minimum Gasteiger partial charge on any atom is -0.463 e. The number of carbonyl (C=O) groups excluding carboxylic acids is 1. The third-order valence-corrected chi connectivity index (χ3v) is 4.07. The van der Waals surface area contributed by atoms with E-state index < -0.39 is 0 Å². The number of ether oxygens (including phenoxy) is 1. The highest BCUT2D eigenvalue weighted by atomic mass is 16.5. The van der Waals surface area contributed by atoms with Crippen molar-refractivity contribution in [3.63, 3.8) is 0 Å². The van der Waals surface area contributed by atoms with Crippen molar-refractivity contribution in [3.05, 3.63) is 12.2 Å². The van der Waals surface area contributed by atoms with Crippen LogP contribution in [0.4, 0.5) is 0 Å². The molecule has 0 radical (unpaired) electrons. The number of hydrogen-bond acceptors (Lipinski definition) is 4. The molecule has 2 N–H and O–H groups in total. The molecule has 24 heavy (non-hydrogen) atoms. The largest absolute Gasteiger partial charge is 0.463 e. The van der Waals surface area contributed by atoms with Crippen molar-refractivity contribution in [2.75, 3.05) is 13.2 Å². The Bertz CT molecular complexity index is 302. The second kappa shape index (κ2) is 18.5. The second-order valence-electron chi connectivity index (χ2n) is 6.45. The summed E-state index contributed by atoms with van der Waals surface area (Å²) in [5.74, 6) is -0.223. The molecule has 4 heteroatoms. The van der Waals surface area contributed by atoms with Gasteiger partial charge in [-0.2, -0.15) is 0 Å². The SMILES string of the molecule is CCCCCCC/C=C/C(O)CCCCCCCC(=O)OCCO. The molecule has 0 aromatic heterocycles. The minimum absolute atomic E-state index is 0.100. The van der Waals surface area contributed by atoms with Crippen LogP contribution in [0.15, 0.2) is 12.2 Å². The molecule has 0 aliphatic heterocycles. The molecule has 0 heterocycles. The Morgan fingerprint density at radius 1 is 1.00 bits per heavy atom. The molecule has 0 amide bonds. The standard InChI is InChI=1S/C20H38O4/c1-2-3-4-5-6-8-11-14-19(22)15-12-9-7-10-13-16-20(23)24-18-17-21/h11,14,19,21-22H,2-10,12-13,15-18H2,1H3/b14-11+.